The summed E-state index contributed by atoms with van der Waals surface area (Å²) < 4.78 is 7.75. The van der Waals surface area contributed by atoms with Gasteiger partial charge in [-0.25, -0.2) is 9.50 Å². The van der Waals surface area contributed by atoms with Gasteiger partial charge in [0.1, 0.15) is 5.56 Å². The molecule has 136 valence electrons. The van der Waals surface area contributed by atoms with Crippen LogP contribution in [0.3, 0.4) is 0 Å². The first-order valence-corrected chi connectivity index (χ1v) is 9.16. The van der Waals surface area contributed by atoms with Gasteiger partial charge in [-0.2, -0.15) is 5.10 Å². The van der Waals surface area contributed by atoms with E-state index in [9.17, 15) is 4.79 Å². The third-order valence-corrected chi connectivity index (χ3v) is 4.81. The second-order valence-electron chi connectivity index (χ2n) is 6.11. The maximum Gasteiger partial charge on any atom is 0.256 e. The predicted octanol–water partition coefficient (Wildman–Crippen LogP) is 3.08. The number of methoxy groups -OCH3 is 1. The molecule has 0 saturated carbocycles. The van der Waals surface area contributed by atoms with E-state index in [4.69, 9.17) is 4.74 Å². The van der Waals surface area contributed by atoms with E-state index >= 15 is 0 Å². The standard InChI is InChI=1S/C19H21BrN4O2/c1-12-16(10-14-5-4-6-15(20)9-14)13(2)24-18(23-12)17(11-22-24)19(25)21-7-8-26-3/h4-6,9,11H,7-8,10H2,1-3H3,(H,21,25). The number of amides is 1. The van der Waals surface area contributed by atoms with E-state index in [-0.39, 0.29) is 5.91 Å². The number of fused-ring (bicyclic) bond motifs is 1. The summed E-state index contributed by atoms with van der Waals surface area (Å²) in [7, 11) is 1.60. The first-order valence-electron chi connectivity index (χ1n) is 8.36. The molecule has 0 unspecified atom stereocenters. The number of halogens is 1. The molecule has 0 aliphatic carbocycles. The van der Waals surface area contributed by atoms with Crippen LogP contribution < -0.4 is 5.32 Å². The Bertz CT molecular complexity index is 952. The van der Waals surface area contributed by atoms with Gasteiger partial charge in [-0.3, -0.25) is 4.79 Å². The highest BCUT2D eigenvalue weighted by Crippen LogP contribution is 2.21. The maximum atomic E-state index is 12.4. The van der Waals surface area contributed by atoms with E-state index in [1.165, 1.54) is 5.56 Å². The minimum absolute atomic E-state index is 0.192. The van der Waals surface area contributed by atoms with Gasteiger partial charge in [0, 0.05) is 35.9 Å². The summed E-state index contributed by atoms with van der Waals surface area (Å²) in [4.78, 5) is 17.0. The fourth-order valence-electron chi connectivity index (χ4n) is 2.94. The average Bonchev–Trinajstić information content (AvgIpc) is 3.02. The summed E-state index contributed by atoms with van der Waals surface area (Å²) in [5, 5.41) is 7.20. The van der Waals surface area contributed by atoms with Crippen molar-refractivity contribution in [3.8, 4) is 0 Å². The molecule has 0 fully saturated rings. The largest absolute Gasteiger partial charge is 0.383 e. The van der Waals surface area contributed by atoms with Gasteiger partial charge in [0.25, 0.3) is 5.91 Å². The first-order chi connectivity index (χ1) is 12.5. The number of carbonyl (C=O) groups is 1. The molecule has 0 radical (unpaired) electrons. The lowest BCUT2D eigenvalue weighted by atomic mass is 10.0. The summed E-state index contributed by atoms with van der Waals surface area (Å²) in [6.45, 7) is 4.90. The van der Waals surface area contributed by atoms with Crippen molar-refractivity contribution in [1.82, 2.24) is 19.9 Å². The molecule has 2 heterocycles. The van der Waals surface area contributed by atoms with Crippen molar-refractivity contribution in [2.24, 2.45) is 0 Å². The fraction of sp³-hybridized carbons (Fsp3) is 0.316. The predicted molar refractivity (Wildman–Crippen MR) is 104 cm³/mol. The minimum Gasteiger partial charge on any atom is -0.383 e. The lowest BCUT2D eigenvalue weighted by molar-refractivity contribution is 0.0938. The molecule has 2 aromatic heterocycles. The van der Waals surface area contributed by atoms with E-state index < -0.39 is 0 Å². The first kappa shape index (κ1) is 18.5. The molecule has 1 amide bonds. The van der Waals surface area contributed by atoms with E-state index in [0.717, 1.165) is 27.8 Å². The molecule has 7 heteroatoms. The van der Waals surface area contributed by atoms with Crippen LogP contribution in [0.1, 0.15) is 32.9 Å². The normalized spacial score (nSPS) is 11.1. The van der Waals surface area contributed by atoms with Crippen LogP contribution >= 0.6 is 15.9 Å². The van der Waals surface area contributed by atoms with Crippen LogP contribution in [-0.4, -0.2) is 40.8 Å². The van der Waals surface area contributed by atoms with Crippen molar-refractivity contribution in [3.63, 3.8) is 0 Å². The molecule has 0 atom stereocenters. The topological polar surface area (TPSA) is 68.5 Å². The molecule has 26 heavy (non-hydrogen) atoms. The van der Waals surface area contributed by atoms with Crippen molar-refractivity contribution in [2.45, 2.75) is 20.3 Å². The number of carbonyl (C=O) groups excluding carboxylic acids is 1. The highest BCUT2D eigenvalue weighted by Gasteiger charge is 2.18. The third-order valence-electron chi connectivity index (χ3n) is 4.31. The van der Waals surface area contributed by atoms with Gasteiger partial charge in [0.05, 0.1) is 12.8 Å². The maximum absolute atomic E-state index is 12.4. The molecule has 0 spiro atoms. The van der Waals surface area contributed by atoms with Crippen molar-refractivity contribution >= 4 is 27.5 Å². The Hall–Kier alpha value is -2.25. The summed E-state index contributed by atoms with van der Waals surface area (Å²) in [5.74, 6) is -0.192. The minimum atomic E-state index is -0.192. The number of benzene rings is 1. The van der Waals surface area contributed by atoms with Crippen molar-refractivity contribution < 1.29 is 9.53 Å². The average molecular weight is 417 g/mol. The van der Waals surface area contributed by atoms with Crippen LogP contribution in [-0.2, 0) is 11.2 Å². The van der Waals surface area contributed by atoms with E-state index in [1.54, 1.807) is 17.8 Å². The van der Waals surface area contributed by atoms with Crippen LogP contribution in [0, 0.1) is 13.8 Å². The second-order valence-corrected chi connectivity index (χ2v) is 7.03. The zero-order valence-corrected chi connectivity index (χ0v) is 16.6. The molecule has 3 rings (SSSR count). The molecular formula is C19H21BrN4O2. The number of nitrogens with one attached hydrogen (secondary N) is 1. The fourth-order valence-corrected chi connectivity index (χ4v) is 3.39. The number of aryl methyl sites for hydroxylation is 2. The monoisotopic (exact) mass is 416 g/mol. The van der Waals surface area contributed by atoms with Gasteiger partial charge in [0.2, 0.25) is 0 Å². The van der Waals surface area contributed by atoms with Crippen LogP contribution in [0.5, 0.6) is 0 Å². The number of hydrogen-bond donors (Lipinski definition) is 1. The van der Waals surface area contributed by atoms with Gasteiger partial charge >= 0.3 is 0 Å². The smallest absolute Gasteiger partial charge is 0.256 e. The van der Waals surface area contributed by atoms with Crippen molar-refractivity contribution in [2.75, 3.05) is 20.3 Å². The van der Waals surface area contributed by atoms with E-state index in [0.29, 0.717) is 24.4 Å². The Morgan fingerprint density at radius 1 is 1.35 bits per heavy atom. The van der Waals surface area contributed by atoms with Crippen LogP contribution in [0.25, 0.3) is 5.65 Å². The quantitative estimate of drug-likeness (QED) is 0.626. The Labute approximate surface area is 160 Å². The van der Waals surface area contributed by atoms with Crippen LogP contribution in [0.2, 0.25) is 0 Å². The second kappa shape index (κ2) is 7.97. The molecule has 0 bridgehead atoms. The van der Waals surface area contributed by atoms with E-state index in [1.807, 2.05) is 26.0 Å². The van der Waals surface area contributed by atoms with Crippen LogP contribution in [0.15, 0.2) is 34.9 Å². The Morgan fingerprint density at radius 2 is 2.15 bits per heavy atom. The van der Waals surface area contributed by atoms with Gasteiger partial charge in [-0.1, -0.05) is 28.1 Å². The summed E-state index contributed by atoms with van der Waals surface area (Å²) in [6.07, 6.45) is 2.33. The summed E-state index contributed by atoms with van der Waals surface area (Å²) in [6, 6.07) is 8.21. The Balaban J connectivity index is 1.95. The molecular weight excluding hydrogens is 396 g/mol. The summed E-state index contributed by atoms with van der Waals surface area (Å²) >= 11 is 3.51. The Kier molecular flexibility index (Phi) is 5.68. The zero-order chi connectivity index (χ0) is 18.7. The lowest BCUT2D eigenvalue weighted by Gasteiger charge is -2.12. The number of ether oxygens (including phenoxy) is 1. The van der Waals surface area contributed by atoms with E-state index in [2.05, 4.69) is 43.5 Å². The Morgan fingerprint density at radius 3 is 2.88 bits per heavy atom. The molecule has 3 aromatic rings. The SMILES string of the molecule is COCCNC(=O)c1cnn2c(C)c(Cc3cccc(Br)c3)c(C)nc12. The van der Waals surface area contributed by atoms with Gasteiger partial charge in [-0.05, 0) is 37.1 Å². The van der Waals surface area contributed by atoms with Crippen molar-refractivity contribution in [1.29, 1.82) is 0 Å². The van der Waals surface area contributed by atoms with Gasteiger partial charge in [0.15, 0.2) is 5.65 Å². The highest BCUT2D eigenvalue weighted by molar-refractivity contribution is 9.10. The highest BCUT2D eigenvalue weighted by atomic mass is 79.9. The lowest BCUT2D eigenvalue weighted by Crippen LogP contribution is -2.27. The van der Waals surface area contributed by atoms with Gasteiger partial charge < -0.3 is 10.1 Å². The molecule has 6 nitrogen and oxygen atoms in total. The van der Waals surface area contributed by atoms with Crippen molar-refractivity contribution in [3.05, 3.63) is 63.0 Å². The third kappa shape index (κ3) is 3.78. The molecule has 0 aliphatic rings. The van der Waals surface area contributed by atoms with Gasteiger partial charge in [-0.15, -0.1) is 0 Å². The molecule has 1 N–H and O–H groups in total. The number of hydrogen-bond acceptors (Lipinski definition) is 4. The zero-order valence-electron chi connectivity index (χ0n) is 15.0. The molecule has 0 aliphatic heterocycles. The number of aromatic nitrogens is 3. The molecule has 0 saturated heterocycles. The number of rotatable bonds is 6. The van der Waals surface area contributed by atoms with Crippen LogP contribution in [0.4, 0.5) is 0 Å². The number of nitrogens with zero attached hydrogens (tertiary/aromatic N) is 3. The molecule has 1 aromatic carbocycles. The summed E-state index contributed by atoms with van der Waals surface area (Å²) in [5.41, 5.74) is 5.25.